The number of carboxylic acids is 1. The third-order valence-corrected chi connectivity index (χ3v) is 4.12. The quantitative estimate of drug-likeness (QED) is 0.929. The van der Waals surface area contributed by atoms with Gasteiger partial charge in [-0.1, -0.05) is 17.7 Å². The molecule has 0 saturated carbocycles. The number of halogens is 1. The summed E-state index contributed by atoms with van der Waals surface area (Å²) in [6, 6.07) is 4.02. The SMILES string of the molecule is Cc1cc(C)c(CC(=O)N2CCC(F)(C(=O)O)C2)c(C)c1. The zero-order valence-corrected chi connectivity index (χ0v) is 12.6. The summed E-state index contributed by atoms with van der Waals surface area (Å²) in [5.74, 6) is -1.70. The molecule has 0 spiro atoms. The van der Waals surface area contributed by atoms with Crippen LogP contribution in [0.25, 0.3) is 0 Å². The topological polar surface area (TPSA) is 57.6 Å². The first kappa shape index (κ1) is 15.5. The van der Waals surface area contributed by atoms with Gasteiger partial charge in [0, 0.05) is 13.0 Å². The van der Waals surface area contributed by atoms with E-state index in [9.17, 15) is 14.0 Å². The molecule has 4 nitrogen and oxygen atoms in total. The Morgan fingerprint density at radius 1 is 1.29 bits per heavy atom. The molecule has 0 aliphatic carbocycles. The number of nitrogens with zero attached hydrogens (tertiary/aromatic N) is 1. The number of hydrogen-bond acceptors (Lipinski definition) is 2. The Kier molecular flexibility index (Phi) is 4.03. The van der Waals surface area contributed by atoms with Crippen LogP contribution in [-0.2, 0) is 16.0 Å². The van der Waals surface area contributed by atoms with E-state index in [1.807, 2.05) is 32.9 Å². The Hall–Kier alpha value is -1.91. The molecule has 1 aliphatic heterocycles. The van der Waals surface area contributed by atoms with Crippen LogP contribution in [0.5, 0.6) is 0 Å². The lowest BCUT2D eigenvalue weighted by molar-refractivity contribution is -0.150. The molecule has 21 heavy (non-hydrogen) atoms. The van der Waals surface area contributed by atoms with Crippen molar-refractivity contribution >= 4 is 11.9 Å². The molecule has 1 aromatic rings. The molecule has 1 N–H and O–H groups in total. The first-order valence-electron chi connectivity index (χ1n) is 7.00. The van der Waals surface area contributed by atoms with Gasteiger partial charge in [0.1, 0.15) is 0 Å². The number of carbonyl (C=O) groups is 2. The average molecular weight is 293 g/mol. The largest absolute Gasteiger partial charge is 0.479 e. The molecule has 1 amide bonds. The number of likely N-dealkylation sites (tertiary alicyclic amines) is 1. The van der Waals surface area contributed by atoms with Crippen LogP contribution < -0.4 is 0 Å². The maximum atomic E-state index is 14.0. The summed E-state index contributed by atoms with van der Waals surface area (Å²) in [4.78, 5) is 24.5. The molecule has 2 rings (SSSR count). The maximum Gasteiger partial charge on any atom is 0.343 e. The van der Waals surface area contributed by atoms with E-state index in [0.717, 1.165) is 22.3 Å². The first-order chi connectivity index (χ1) is 9.73. The third kappa shape index (κ3) is 3.06. The van der Waals surface area contributed by atoms with Crippen LogP contribution in [0.4, 0.5) is 4.39 Å². The van der Waals surface area contributed by atoms with Gasteiger partial charge in [0.15, 0.2) is 0 Å². The van der Waals surface area contributed by atoms with Gasteiger partial charge in [-0.15, -0.1) is 0 Å². The van der Waals surface area contributed by atoms with Crippen molar-refractivity contribution in [3.63, 3.8) is 0 Å². The van der Waals surface area contributed by atoms with Crippen molar-refractivity contribution < 1.29 is 19.1 Å². The summed E-state index contributed by atoms with van der Waals surface area (Å²) in [5, 5.41) is 8.87. The normalized spacial score (nSPS) is 21.6. The molecule has 1 saturated heterocycles. The minimum atomic E-state index is -2.30. The fourth-order valence-corrected chi connectivity index (χ4v) is 2.91. The van der Waals surface area contributed by atoms with E-state index in [1.54, 1.807) is 0 Å². The van der Waals surface area contributed by atoms with Crippen LogP contribution in [0.15, 0.2) is 12.1 Å². The van der Waals surface area contributed by atoms with E-state index >= 15 is 0 Å². The predicted octanol–water partition coefficient (Wildman–Crippen LogP) is 2.18. The second-order valence-corrected chi connectivity index (χ2v) is 5.89. The molecule has 1 unspecified atom stereocenters. The highest BCUT2D eigenvalue weighted by atomic mass is 19.1. The Bertz CT molecular complexity index is 576. The number of amides is 1. The molecule has 5 heteroatoms. The Labute approximate surface area is 123 Å². The lowest BCUT2D eigenvalue weighted by Crippen LogP contribution is -2.39. The fraction of sp³-hybridized carbons (Fsp3) is 0.500. The molecule has 1 aromatic carbocycles. The van der Waals surface area contributed by atoms with E-state index in [0.29, 0.717) is 0 Å². The van der Waals surface area contributed by atoms with Gasteiger partial charge in [0.2, 0.25) is 11.6 Å². The smallest absolute Gasteiger partial charge is 0.343 e. The fourth-order valence-electron chi connectivity index (χ4n) is 2.91. The summed E-state index contributed by atoms with van der Waals surface area (Å²) >= 11 is 0. The van der Waals surface area contributed by atoms with Crippen molar-refractivity contribution in [2.24, 2.45) is 0 Å². The Morgan fingerprint density at radius 2 is 1.86 bits per heavy atom. The second kappa shape index (κ2) is 5.47. The molecule has 114 valence electrons. The summed E-state index contributed by atoms with van der Waals surface area (Å²) in [5.41, 5.74) is 1.84. The van der Waals surface area contributed by atoms with Gasteiger partial charge in [0.05, 0.1) is 13.0 Å². The van der Waals surface area contributed by atoms with E-state index < -0.39 is 11.6 Å². The molecular formula is C16H20FNO3. The molecule has 1 fully saturated rings. The summed E-state index contributed by atoms with van der Waals surface area (Å²) in [6.07, 6.45) is 0.0492. The van der Waals surface area contributed by atoms with Crippen molar-refractivity contribution in [3.8, 4) is 0 Å². The van der Waals surface area contributed by atoms with Gasteiger partial charge in [-0.25, -0.2) is 9.18 Å². The number of hydrogen-bond donors (Lipinski definition) is 1. The van der Waals surface area contributed by atoms with Crippen molar-refractivity contribution in [2.75, 3.05) is 13.1 Å². The molecule has 1 atom stereocenters. The van der Waals surface area contributed by atoms with Crippen molar-refractivity contribution in [3.05, 3.63) is 34.4 Å². The van der Waals surface area contributed by atoms with Crippen LogP contribution in [-0.4, -0.2) is 40.6 Å². The zero-order valence-electron chi connectivity index (χ0n) is 12.6. The highest BCUT2D eigenvalue weighted by Crippen LogP contribution is 2.27. The number of rotatable bonds is 3. The Morgan fingerprint density at radius 3 is 2.33 bits per heavy atom. The van der Waals surface area contributed by atoms with Gasteiger partial charge in [0.25, 0.3) is 0 Å². The van der Waals surface area contributed by atoms with E-state index in [4.69, 9.17) is 5.11 Å². The van der Waals surface area contributed by atoms with E-state index in [2.05, 4.69) is 0 Å². The number of carboxylic acid groups (broad SMARTS) is 1. The number of carbonyl (C=O) groups excluding carboxylic acids is 1. The van der Waals surface area contributed by atoms with Crippen LogP contribution in [0.2, 0.25) is 0 Å². The standard InChI is InChI=1S/C16H20FNO3/c1-10-6-11(2)13(12(3)7-10)8-14(19)18-5-4-16(17,9-18)15(20)21/h6-7H,4-5,8-9H2,1-3H3,(H,20,21). The van der Waals surface area contributed by atoms with Gasteiger partial charge in [-0.2, -0.15) is 0 Å². The summed E-state index contributed by atoms with van der Waals surface area (Å²) < 4.78 is 14.0. The lowest BCUT2D eigenvalue weighted by Gasteiger charge is -2.19. The van der Waals surface area contributed by atoms with Crippen molar-refractivity contribution in [1.29, 1.82) is 0 Å². The molecule has 1 heterocycles. The van der Waals surface area contributed by atoms with Crippen molar-refractivity contribution in [1.82, 2.24) is 4.90 Å². The average Bonchev–Trinajstić information content (AvgIpc) is 2.78. The molecule has 0 aromatic heterocycles. The van der Waals surface area contributed by atoms with Gasteiger partial charge in [-0.05, 0) is 37.5 Å². The number of aryl methyl sites for hydroxylation is 3. The van der Waals surface area contributed by atoms with Crippen LogP contribution in [0.3, 0.4) is 0 Å². The summed E-state index contributed by atoms with van der Waals surface area (Å²) in [7, 11) is 0. The monoisotopic (exact) mass is 293 g/mol. The third-order valence-electron chi connectivity index (χ3n) is 4.12. The van der Waals surface area contributed by atoms with E-state index in [1.165, 1.54) is 4.90 Å². The maximum absolute atomic E-state index is 14.0. The number of aliphatic carboxylic acids is 1. The highest BCUT2D eigenvalue weighted by molar-refractivity contribution is 5.83. The molecular weight excluding hydrogens is 273 g/mol. The van der Waals surface area contributed by atoms with Crippen molar-refractivity contribution in [2.45, 2.75) is 39.3 Å². The molecule has 0 bridgehead atoms. The van der Waals surface area contributed by atoms with Gasteiger partial charge in [-0.3, -0.25) is 4.79 Å². The van der Waals surface area contributed by atoms with Crippen LogP contribution in [0.1, 0.15) is 28.7 Å². The minimum Gasteiger partial charge on any atom is -0.479 e. The van der Waals surface area contributed by atoms with Gasteiger partial charge >= 0.3 is 5.97 Å². The predicted molar refractivity (Wildman–Crippen MR) is 77.0 cm³/mol. The Balaban J connectivity index is 2.12. The highest BCUT2D eigenvalue weighted by Gasteiger charge is 2.46. The van der Waals surface area contributed by atoms with E-state index in [-0.39, 0.29) is 31.8 Å². The number of alkyl halides is 1. The first-order valence-corrected chi connectivity index (χ1v) is 7.00. The van der Waals surface area contributed by atoms with Crippen LogP contribution in [0, 0.1) is 20.8 Å². The van der Waals surface area contributed by atoms with Crippen LogP contribution >= 0.6 is 0 Å². The molecule has 0 radical (unpaired) electrons. The van der Waals surface area contributed by atoms with Gasteiger partial charge < -0.3 is 10.0 Å². The molecule has 1 aliphatic rings. The second-order valence-electron chi connectivity index (χ2n) is 5.89. The lowest BCUT2D eigenvalue weighted by atomic mass is 9.97. The summed E-state index contributed by atoms with van der Waals surface area (Å²) in [6.45, 7) is 5.69. The zero-order chi connectivity index (χ0) is 15.8. The number of benzene rings is 1. The minimum absolute atomic E-state index is 0.139.